The summed E-state index contributed by atoms with van der Waals surface area (Å²) in [5.74, 6) is 0.389. The number of nitrogens with one attached hydrogen (secondary N) is 2. The van der Waals surface area contributed by atoms with Crippen LogP contribution in [0.4, 0.5) is 5.69 Å². The van der Waals surface area contributed by atoms with Crippen LogP contribution >= 0.6 is 34.8 Å². The van der Waals surface area contributed by atoms with Crippen molar-refractivity contribution < 1.29 is 9.53 Å². The molecule has 0 aliphatic carbocycles. The largest absolute Gasteiger partial charge is 0.483 e. The number of amides is 1. The molecule has 0 atom stereocenters. The van der Waals surface area contributed by atoms with Gasteiger partial charge in [-0.05, 0) is 77.6 Å². The summed E-state index contributed by atoms with van der Waals surface area (Å²) >= 11 is 7.32. The normalized spacial score (nSPS) is 9.91. The third-order valence-corrected chi connectivity index (χ3v) is 3.73. The van der Waals surface area contributed by atoms with Crippen molar-refractivity contribution in [1.82, 2.24) is 5.32 Å². The summed E-state index contributed by atoms with van der Waals surface area (Å²) in [5.41, 5.74) is 1.81. The van der Waals surface area contributed by atoms with Crippen LogP contribution in [0.1, 0.15) is 5.56 Å². The minimum atomic E-state index is -0.300. The summed E-state index contributed by atoms with van der Waals surface area (Å²) in [5, 5.41) is 5.79. The number of hydrogen-bond acceptors (Lipinski definition) is 3. The van der Waals surface area contributed by atoms with Gasteiger partial charge in [-0.2, -0.15) is 0 Å². The molecule has 0 fully saturated rings. The lowest BCUT2D eigenvalue weighted by Gasteiger charge is -2.11. The molecule has 0 spiro atoms. The van der Waals surface area contributed by atoms with E-state index in [4.69, 9.17) is 17.0 Å². The number of thiocarbonyl (C=S) groups is 1. The maximum absolute atomic E-state index is 11.8. The molecule has 2 aromatic carbocycles. The predicted molar refractivity (Wildman–Crippen MR) is 100 cm³/mol. The number of aryl methyl sites for hydroxylation is 1. The second-order valence-electron chi connectivity index (χ2n) is 4.56. The topological polar surface area (TPSA) is 50.4 Å². The maximum atomic E-state index is 11.8. The molecular formula is C16H15IN2O2S. The fourth-order valence-electron chi connectivity index (χ4n) is 1.72. The highest BCUT2D eigenvalue weighted by Crippen LogP contribution is 2.15. The Balaban J connectivity index is 1.80. The molecule has 0 saturated heterocycles. The smallest absolute Gasteiger partial charge is 0.264 e. The monoisotopic (exact) mass is 426 g/mol. The number of carbonyl (C=O) groups is 1. The first-order valence-electron chi connectivity index (χ1n) is 6.59. The van der Waals surface area contributed by atoms with Gasteiger partial charge in [0.05, 0.1) is 0 Å². The summed E-state index contributed by atoms with van der Waals surface area (Å²) in [6, 6.07) is 15.2. The summed E-state index contributed by atoms with van der Waals surface area (Å²) in [6.07, 6.45) is 0. The van der Waals surface area contributed by atoms with E-state index in [1.165, 1.54) is 0 Å². The molecular weight excluding hydrogens is 411 g/mol. The first-order chi connectivity index (χ1) is 10.5. The van der Waals surface area contributed by atoms with E-state index < -0.39 is 0 Å². The van der Waals surface area contributed by atoms with E-state index in [1.54, 1.807) is 0 Å². The van der Waals surface area contributed by atoms with Gasteiger partial charge < -0.3 is 10.1 Å². The Morgan fingerprint density at radius 3 is 2.55 bits per heavy atom. The van der Waals surface area contributed by atoms with Crippen molar-refractivity contribution in [2.75, 3.05) is 11.9 Å². The molecule has 0 radical (unpaired) electrons. The van der Waals surface area contributed by atoms with Gasteiger partial charge in [0.25, 0.3) is 5.91 Å². The van der Waals surface area contributed by atoms with Crippen molar-refractivity contribution in [1.29, 1.82) is 0 Å². The standard InChI is InChI=1S/C16H15IN2O2S/c1-11-4-2-3-5-14(11)21-10-15(20)19-16(22)18-13-8-6-12(17)7-9-13/h2-9H,10H2,1H3,(H2,18,19,20,22). The molecule has 0 aromatic heterocycles. The average molecular weight is 426 g/mol. The minimum Gasteiger partial charge on any atom is -0.483 e. The van der Waals surface area contributed by atoms with E-state index >= 15 is 0 Å². The summed E-state index contributed by atoms with van der Waals surface area (Å²) < 4.78 is 6.59. The third kappa shape index (κ3) is 5.27. The van der Waals surface area contributed by atoms with E-state index in [0.29, 0.717) is 5.75 Å². The van der Waals surface area contributed by atoms with Gasteiger partial charge >= 0.3 is 0 Å². The van der Waals surface area contributed by atoms with Gasteiger partial charge in [-0.25, -0.2) is 0 Å². The highest BCUT2D eigenvalue weighted by molar-refractivity contribution is 14.1. The van der Waals surface area contributed by atoms with Crippen molar-refractivity contribution in [3.63, 3.8) is 0 Å². The number of benzene rings is 2. The summed E-state index contributed by atoms with van der Waals surface area (Å²) in [7, 11) is 0. The Morgan fingerprint density at radius 1 is 1.18 bits per heavy atom. The number of halogens is 1. The number of hydrogen-bond donors (Lipinski definition) is 2. The molecule has 0 heterocycles. The molecule has 0 saturated carbocycles. The summed E-state index contributed by atoms with van der Waals surface area (Å²) in [4.78, 5) is 11.8. The van der Waals surface area contributed by atoms with E-state index in [0.717, 1.165) is 14.8 Å². The predicted octanol–water partition coefficient (Wildman–Crippen LogP) is 3.49. The third-order valence-electron chi connectivity index (χ3n) is 2.81. The zero-order valence-electron chi connectivity index (χ0n) is 11.9. The SMILES string of the molecule is Cc1ccccc1OCC(=O)NC(=S)Nc1ccc(I)cc1. The number of rotatable bonds is 4. The van der Waals surface area contributed by atoms with Crippen molar-refractivity contribution in [3.05, 3.63) is 57.7 Å². The Morgan fingerprint density at radius 2 is 1.86 bits per heavy atom. The van der Waals surface area contributed by atoms with Gasteiger partial charge in [-0.1, -0.05) is 18.2 Å². The van der Waals surface area contributed by atoms with E-state index in [2.05, 4.69) is 33.2 Å². The highest BCUT2D eigenvalue weighted by Gasteiger charge is 2.07. The molecule has 114 valence electrons. The molecule has 6 heteroatoms. The second kappa shape index (κ2) is 8.09. The Hall–Kier alpha value is -1.67. The Kier molecular flexibility index (Phi) is 6.14. The molecule has 0 aliphatic rings. The number of anilines is 1. The minimum absolute atomic E-state index is 0.0840. The summed E-state index contributed by atoms with van der Waals surface area (Å²) in [6.45, 7) is 1.84. The fraction of sp³-hybridized carbons (Fsp3) is 0.125. The van der Waals surface area contributed by atoms with Gasteiger partial charge in [-0.3, -0.25) is 10.1 Å². The molecule has 2 N–H and O–H groups in total. The van der Waals surface area contributed by atoms with Gasteiger partial charge in [0, 0.05) is 9.26 Å². The fourth-order valence-corrected chi connectivity index (χ4v) is 2.31. The van der Waals surface area contributed by atoms with Crippen molar-refractivity contribution in [2.45, 2.75) is 6.92 Å². The number of carbonyl (C=O) groups excluding carboxylic acids is 1. The van der Waals surface area contributed by atoms with Crippen molar-refractivity contribution in [2.24, 2.45) is 0 Å². The van der Waals surface area contributed by atoms with Crippen LogP contribution in [0.25, 0.3) is 0 Å². The van der Waals surface area contributed by atoms with Crippen LogP contribution in [0.3, 0.4) is 0 Å². The molecule has 2 aromatic rings. The number of para-hydroxylation sites is 1. The average Bonchev–Trinajstić information content (AvgIpc) is 2.49. The molecule has 0 aliphatic heterocycles. The van der Waals surface area contributed by atoms with Crippen LogP contribution in [0.5, 0.6) is 5.75 Å². The van der Waals surface area contributed by atoms with Crippen molar-refractivity contribution in [3.8, 4) is 5.75 Å². The molecule has 0 bridgehead atoms. The van der Waals surface area contributed by atoms with E-state index in [9.17, 15) is 4.79 Å². The van der Waals surface area contributed by atoms with Gasteiger partial charge in [-0.15, -0.1) is 0 Å². The molecule has 22 heavy (non-hydrogen) atoms. The van der Waals surface area contributed by atoms with Crippen LogP contribution in [-0.2, 0) is 4.79 Å². The van der Waals surface area contributed by atoms with Crippen LogP contribution in [0, 0.1) is 10.5 Å². The van der Waals surface area contributed by atoms with Crippen LogP contribution in [0.15, 0.2) is 48.5 Å². The number of ether oxygens (including phenoxy) is 1. The first-order valence-corrected chi connectivity index (χ1v) is 8.08. The van der Waals surface area contributed by atoms with Crippen molar-refractivity contribution >= 4 is 51.5 Å². The lowest BCUT2D eigenvalue weighted by atomic mass is 10.2. The zero-order valence-corrected chi connectivity index (χ0v) is 14.9. The second-order valence-corrected chi connectivity index (χ2v) is 6.22. The van der Waals surface area contributed by atoms with E-state index in [1.807, 2.05) is 55.5 Å². The molecule has 4 nitrogen and oxygen atoms in total. The first kappa shape index (κ1) is 16.7. The molecule has 0 unspecified atom stereocenters. The lowest BCUT2D eigenvalue weighted by molar-refractivity contribution is -0.121. The van der Waals surface area contributed by atoms with Gasteiger partial charge in [0.2, 0.25) is 0 Å². The molecule has 2 rings (SSSR count). The van der Waals surface area contributed by atoms with Gasteiger partial charge in [0.1, 0.15) is 5.75 Å². The Labute approximate surface area is 148 Å². The molecule has 1 amide bonds. The maximum Gasteiger partial charge on any atom is 0.264 e. The zero-order chi connectivity index (χ0) is 15.9. The van der Waals surface area contributed by atoms with Crippen LogP contribution in [0.2, 0.25) is 0 Å². The van der Waals surface area contributed by atoms with Crippen LogP contribution < -0.4 is 15.4 Å². The Bertz CT molecular complexity index is 674. The highest BCUT2D eigenvalue weighted by atomic mass is 127. The van der Waals surface area contributed by atoms with Crippen LogP contribution in [-0.4, -0.2) is 17.6 Å². The quantitative estimate of drug-likeness (QED) is 0.581. The van der Waals surface area contributed by atoms with Gasteiger partial charge in [0.15, 0.2) is 11.7 Å². The lowest BCUT2D eigenvalue weighted by Crippen LogP contribution is -2.37. The van der Waals surface area contributed by atoms with E-state index in [-0.39, 0.29) is 17.6 Å².